The van der Waals surface area contributed by atoms with E-state index in [1.807, 2.05) is 17.9 Å². The van der Waals surface area contributed by atoms with Crippen LogP contribution in [0.4, 0.5) is 0 Å². The van der Waals surface area contributed by atoms with E-state index in [0.717, 1.165) is 51.5 Å². The zero-order valence-corrected chi connectivity index (χ0v) is 21.5. The summed E-state index contributed by atoms with van der Waals surface area (Å²) in [5.74, 6) is 1.38. The zero-order valence-electron chi connectivity index (χ0n) is 18.4. The quantitative estimate of drug-likeness (QED) is 0.336. The summed E-state index contributed by atoms with van der Waals surface area (Å²) >= 11 is 0. The van der Waals surface area contributed by atoms with Gasteiger partial charge in [-0.05, 0) is 37.8 Å². The lowest BCUT2D eigenvalue weighted by atomic mass is 9.98. The van der Waals surface area contributed by atoms with Crippen LogP contribution in [-0.2, 0) is 14.8 Å². The number of hydrogen-bond acceptors (Lipinski definition) is 4. The van der Waals surface area contributed by atoms with Crippen molar-refractivity contribution >= 4 is 45.9 Å². The minimum absolute atomic E-state index is 0. The van der Waals surface area contributed by atoms with Crippen molar-refractivity contribution in [2.24, 2.45) is 10.9 Å². The van der Waals surface area contributed by atoms with Gasteiger partial charge in [-0.25, -0.2) is 8.42 Å². The van der Waals surface area contributed by atoms with Gasteiger partial charge in [-0.1, -0.05) is 18.2 Å². The molecule has 1 aromatic rings. The fourth-order valence-corrected chi connectivity index (χ4v) is 5.44. The Morgan fingerprint density at radius 2 is 1.61 bits per heavy atom. The molecule has 0 saturated carbocycles. The molecule has 2 saturated heterocycles. The predicted octanol–water partition coefficient (Wildman–Crippen LogP) is 1.83. The van der Waals surface area contributed by atoms with Gasteiger partial charge in [0.1, 0.15) is 0 Å². The summed E-state index contributed by atoms with van der Waals surface area (Å²) in [6.07, 6.45) is 1.63. The standard InChI is InChI=1S/C21H33N5O3S.HI/c1-3-22-21(25-15-13-24(14-16-25)18(2)27)23-17-19-9-11-26(12-10-19)30(28,29)20-7-5-4-6-8-20;/h4-8,19H,3,9-17H2,1-2H3,(H,22,23);1H. The molecule has 2 fully saturated rings. The Balaban J connectivity index is 0.00000341. The largest absolute Gasteiger partial charge is 0.357 e. The SMILES string of the molecule is CCNC(=NCC1CCN(S(=O)(=O)c2ccccc2)CC1)N1CCN(C(C)=O)CC1.I. The van der Waals surface area contributed by atoms with Crippen LogP contribution in [0.1, 0.15) is 26.7 Å². The number of benzene rings is 1. The molecule has 1 amide bonds. The molecule has 31 heavy (non-hydrogen) atoms. The van der Waals surface area contributed by atoms with Crippen molar-refractivity contribution in [3.8, 4) is 0 Å². The maximum Gasteiger partial charge on any atom is 0.243 e. The molecular formula is C21H34IN5O3S. The summed E-state index contributed by atoms with van der Waals surface area (Å²) in [5.41, 5.74) is 0. The van der Waals surface area contributed by atoms with Crippen LogP contribution in [0.3, 0.4) is 0 Å². The van der Waals surface area contributed by atoms with Crippen LogP contribution in [0.2, 0.25) is 0 Å². The number of nitrogens with zero attached hydrogens (tertiary/aromatic N) is 4. The van der Waals surface area contributed by atoms with Gasteiger partial charge >= 0.3 is 0 Å². The van der Waals surface area contributed by atoms with Gasteiger partial charge in [-0.15, -0.1) is 24.0 Å². The fraction of sp³-hybridized carbons (Fsp3) is 0.619. The average Bonchev–Trinajstić information content (AvgIpc) is 2.77. The van der Waals surface area contributed by atoms with Crippen molar-refractivity contribution in [2.45, 2.75) is 31.6 Å². The lowest BCUT2D eigenvalue weighted by molar-refractivity contribution is -0.130. The number of nitrogens with one attached hydrogen (secondary N) is 1. The topological polar surface area (TPSA) is 85.3 Å². The molecule has 3 rings (SSSR count). The van der Waals surface area contributed by atoms with Crippen LogP contribution >= 0.6 is 24.0 Å². The minimum atomic E-state index is -3.41. The summed E-state index contributed by atoms with van der Waals surface area (Å²) in [6, 6.07) is 8.64. The van der Waals surface area contributed by atoms with Crippen molar-refractivity contribution in [1.29, 1.82) is 0 Å². The number of piperidine rings is 1. The Labute approximate surface area is 203 Å². The van der Waals surface area contributed by atoms with E-state index in [-0.39, 0.29) is 29.9 Å². The number of carbonyl (C=O) groups excluding carboxylic acids is 1. The van der Waals surface area contributed by atoms with Crippen molar-refractivity contribution in [3.05, 3.63) is 30.3 Å². The fourth-order valence-electron chi connectivity index (χ4n) is 3.95. The molecule has 0 aliphatic carbocycles. The number of hydrogen-bond donors (Lipinski definition) is 1. The van der Waals surface area contributed by atoms with E-state index in [1.165, 1.54) is 0 Å². The Kier molecular flexibility index (Phi) is 10.0. The molecule has 2 heterocycles. The van der Waals surface area contributed by atoms with Gasteiger partial charge in [-0.2, -0.15) is 4.31 Å². The normalized spacial score (nSPS) is 19.1. The summed E-state index contributed by atoms with van der Waals surface area (Å²) in [4.78, 5) is 20.8. The van der Waals surface area contributed by atoms with Crippen LogP contribution < -0.4 is 5.32 Å². The van der Waals surface area contributed by atoms with E-state index in [4.69, 9.17) is 4.99 Å². The van der Waals surface area contributed by atoms with Gasteiger partial charge < -0.3 is 15.1 Å². The van der Waals surface area contributed by atoms with Gasteiger partial charge in [-0.3, -0.25) is 9.79 Å². The molecule has 2 aliphatic heterocycles. The number of sulfonamides is 1. The molecule has 174 valence electrons. The first-order valence-electron chi connectivity index (χ1n) is 10.8. The Hall–Kier alpha value is -1.40. The highest BCUT2D eigenvalue weighted by atomic mass is 127. The first-order chi connectivity index (χ1) is 14.4. The third-order valence-electron chi connectivity index (χ3n) is 5.81. The van der Waals surface area contributed by atoms with Crippen LogP contribution in [0, 0.1) is 5.92 Å². The summed E-state index contributed by atoms with van der Waals surface area (Å²) in [5, 5.41) is 3.36. The Morgan fingerprint density at radius 3 is 2.16 bits per heavy atom. The van der Waals surface area contributed by atoms with Crippen LogP contribution in [0.5, 0.6) is 0 Å². The predicted molar refractivity (Wildman–Crippen MR) is 133 cm³/mol. The van der Waals surface area contributed by atoms with E-state index >= 15 is 0 Å². The van der Waals surface area contributed by atoms with Crippen molar-refractivity contribution in [3.63, 3.8) is 0 Å². The maximum absolute atomic E-state index is 12.8. The second-order valence-electron chi connectivity index (χ2n) is 7.85. The lowest BCUT2D eigenvalue weighted by Crippen LogP contribution is -2.53. The van der Waals surface area contributed by atoms with E-state index < -0.39 is 10.0 Å². The highest BCUT2D eigenvalue weighted by Crippen LogP contribution is 2.24. The summed E-state index contributed by atoms with van der Waals surface area (Å²) in [7, 11) is -3.41. The molecule has 10 heteroatoms. The number of guanidine groups is 1. The van der Waals surface area contributed by atoms with Gasteiger partial charge in [0.15, 0.2) is 5.96 Å². The first-order valence-corrected chi connectivity index (χ1v) is 12.2. The number of rotatable bonds is 5. The van der Waals surface area contributed by atoms with Gasteiger partial charge in [0.25, 0.3) is 0 Å². The number of carbonyl (C=O) groups is 1. The van der Waals surface area contributed by atoms with Gasteiger partial charge in [0.05, 0.1) is 4.90 Å². The number of amides is 1. The van der Waals surface area contributed by atoms with Crippen LogP contribution in [0.15, 0.2) is 40.2 Å². The van der Waals surface area contributed by atoms with Crippen molar-refractivity contribution in [1.82, 2.24) is 19.4 Å². The highest BCUT2D eigenvalue weighted by molar-refractivity contribution is 14.0. The third-order valence-corrected chi connectivity index (χ3v) is 7.73. The van der Waals surface area contributed by atoms with Gasteiger partial charge in [0, 0.05) is 59.3 Å². The molecule has 0 spiro atoms. The summed E-state index contributed by atoms with van der Waals surface area (Å²) in [6.45, 7) is 9.20. The molecule has 0 atom stereocenters. The average molecular weight is 564 g/mol. The Morgan fingerprint density at radius 1 is 1.03 bits per heavy atom. The lowest BCUT2D eigenvalue weighted by Gasteiger charge is -2.36. The van der Waals surface area contributed by atoms with Crippen LogP contribution in [0.25, 0.3) is 0 Å². The maximum atomic E-state index is 12.8. The van der Waals surface area contributed by atoms with Crippen molar-refractivity contribution < 1.29 is 13.2 Å². The first kappa shape index (κ1) is 25.9. The molecule has 0 aromatic heterocycles. The molecule has 8 nitrogen and oxygen atoms in total. The van der Waals surface area contributed by atoms with Crippen molar-refractivity contribution in [2.75, 3.05) is 52.4 Å². The Bertz CT molecular complexity index is 834. The number of halogens is 1. The minimum Gasteiger partial charge on any atom is -0.357 e. The van der Waals surface area contributed by atoms with E-state index in [9.17, 15) is 13.2 Å². The monoisotopic (exact) mass is 563 g/mol. The third kappa shape index (κ3) is 6.79. The summed E-state index contributed by atoms with van der Waals surface area (Å²) < 4.78 is 27.2. The molecule has 2 aliphatic rings. The molecule has 1 N–H and O–H groups in total. The molecule has 0 radical (unpaired) electrons. The molecule has 1 aromatic carbocycles. The van der Waals surface area contributed by atoms with E-state index in [1.54, 1.807) is 35.5 Å². The molecular weight excluding hydrogens is 529 g/mol. The number of aliphatic imine (C=N–C) groups is 1. The van der Waals surface area contributed by atoms with Crippen LogP contribution in [-0.4, -0.2) is 86.7 Å². The smallest absolute Gasteiger partial charge is 0.243 e. The zero-order chi connectivity index (χ0) is 21.6. The second kappa shape index (κ2) is 12.0. The van der Waals surface area contributed by atoms with E-state index in [0.29, 0.717) is 30.4 Å². The number of piperazine rings is 1. The highest BCUT2D eigenvalue weighted by Gasteiger charge is 2.29. The van der Waals surface area contributed by atoms with Gasteiger partial charge in [0.2, 0.25) is 15.9 Å². The van der Waals surface area contributed by atoms with E-state index in [2.05, 4.69) is 10.2 Å². The molecule has 0 unspecified atom stereocenters. The molecule has 0 bridgehead atoms. The second-order valence-corrected chi connectivity index (χ2v) is 9.79.